The molecule has 1 aliphatic heterocycles. The van der Waals surface area contributed by atoms with Gasteiger partial charge in [0.05, 0.1) is 0 Å². The van der Waals surface area contributed by atoms with Crippen LogP contribution in [0.15, 0.2) is 47.5 Å². The van der Waals surface area contributed by atoms with Crippen molar-refractivity contribution in [3.8, 4) is 22.6 Å². The van der Waals surface area contributed by atoms with Gasteiger partial charge in [0.1, 0.15) is 17.1 Å². The zero-order valence-corrected chi connectivity index (χ0v) is 17.0. The zero-order chi connectivity index (χ0) is 21.5. The number of piperidine rings is 1. The Balaban J connectivity index is 1.74. The number of nitrogen functional groups attached to an aromatic ring is 1. The first-order valence-corrected chi connectivity index (χ1v) is 10.1. The fourth-order valence-corrected chi connectivity index (χ4v) is 3.93. The molecule has 3 aromatic heterocycles. The van der Waals surface area contributed by atoms with Gasteiger partial charge in [-0.3, -0.25) is 19.2 Å². The number of nitrogens with zero attached hydrogens (tertiary/aromatic N) is 5. The van der Waals surface area contributed by atoms with Gasteiger partial charge in [-0.25, -0.2) is 9.97 Å². The standard InChI is InChI=1S/C22H21N7O2/c1-28-11-8-16(27-28)19-18(14-5-6-15-13(12-14)7-9-24-22(15)31)26-21(20(23)25-19)29-10-3-2-4-17(29)30/h5-9,11-12H,2-4,10H2,1H3,(H2,23,25)(H,24,31). The van der Waals surface area contributed by atoms with Crippen molar-refractivity contribution in [1.29, 1.82) is 0 Å². The number of carbonyl (C=O) groups is 1. The van der Waals surface area contributed by atoms with E-state index in [0.717, 1.165) is 23.8 Å². The lowest BCUT2D eigenvalue weighted by Crippen LogP contribution is -2.36. The lowest BCUT2D eigenvalue weighted by atomic mass is 10.0. The fraction of sp³-hybridized carbons (Fsp3) is 0.227. The number of fused-ring (bicyclic) bond motifs is 1. The van der Waals surface area contributed by atoms with Crippen molar-refractivity contribution in [2.75, 3.05) is 17.2 Å². The number of pyridine rings is 1. The molecule has 5 rings (SSSR count). The van der Waals surface area contributed by atoms with Crippen LogP contribution in [-0.2, 0) is 11.8 Å². The summed E-state index contributed by atoms with van der Waals surface area (Å²) in [7, 11) is 1.82. The number of H-pyrrole nitrogens is 1. The smallest absolute Gasteiger partial charge is 0.255 e. The van der Waals surface area contributed by atoms with E-state index in [0.29, 0.717) is 41.3 Å². The largest absolute Gasteiger partial charge is 0.381 e. The van der Waals surface area contributed by atoms with Crippen LogP contribution in [0.5, 0.6) is 0 Å². The van der Waals surface area contributed by atoms with Crippen LogP contribution < -0.4 is 16.2 Å². The summed E-state index contributed by atoms with van der Waals surface area (Å²) in [5, 5.41) is 5.83. The van der Waals surface area contributed by atoms with Gasteiger partial charge in [-0.2, -0.15) is 5.10 Å². The average molecular weight is 415 g/mol. The van der Waals surface area contributed by atoms with Crippen LogP contribution in [0.1, 0.15) is 19.3 Å². The summed E-state index contributed by atoms with van der Waals surface area (Å²) >= 11 is 0. The van der Waals surface area contributed by atoms with Gasteiger partial charge in [0.2, 0.25) is 5.91 Å². The van der Waals surface area contributed by atoms with Gasteiger partial charge in [-0.1, -0.05) is 6.07 Å². The van der Waals surface area contributed by atoms with Gasteiger partial charge < -0.3 is 10.7 Å². The predicted molar refractivity (Wildman–Crippen MR) is 118 cm³/mol. The van der Waals surface area contributed by atoms with Gasteiger partial charge in [-0.05, 0) is 42.5 Å². The molecule has 1 aliphatic rings. The number of amides is 1. The zero-order valence-electron chi connectivity index (χ0n) is 17.0. The van der Waals surface area contributed by atoms with Crippen LogP contribution in [0.4, 0.5) is 11.6 Å². The molecule has 0 aliphatic carbocycles. The number of hydrogen-bond donors (Lipinski definition) is 2. The second-order valence-corrected chi connectivity index (χ2v) is 7.62. The molecule has 3 N–H and O–H groups in total. The average Bonchev–Trinajstić information content (AvgIpc) is 3.20. The molecule has 1 amide bonds. The molecule has 0 saturated carbocycles. The number of rotatable bonds is 3. The normalized spacial score (nSPS) is 14.4. The third kappa shape index (κ3) is 3.33. The minimum atomic E-state index is -0.156. The number of anilines is 2. The molecular formula is C22H21N7O2. The molecule has 1 saturated heterocycles. The fourth-order valence-electron chi connectivity index (χ4n) is 3.93. The number of nitrogens with two attached hydrogens (primary N) is 1. The van der Waals surface area contributed by atoms with Gasteiger partial charge in [0.25, 0.3) is 5.56 Å². The highest BCUT2D eigenvalue weighted by Gasteiger charge is 2.26. The van der Waals surface area contributed by atoms with E-state index in [4.69, 9.17) is 10.7 Å². The van der Waals surface area contributed by atoms with E-state index in [1.807, 2.05) is 37.5 Å². The van der Waals surface area contributed by atoms with Gasteiger partial charge in [0, 0.05) is 43.4 Å². The molecule has 4 heterocycles. The number of aromatic nitrogens is 5. The number of nitrogens with one attached hydrogen (secondary N) is 1. The van der Waals surface area contributed by atoms with Crippen molar-refractivity contribution in [1.82, 2.24) is 24.7 Å². The van der Waals surface area contributed by atoms with Crippen LogP contribution in [0.25, 0.3) is 33.4 Å². The Morgan fingerprint density at radius 1 is 1.06 bits per heavy atom. The van der Waals surface area contributed by atoms with E-state index in [-0.39, 0.29) is 17.3 Å². The molecule has 0 bridgehead atoms. The summed E-state index contributed by atoms with van der Waals surface area (Å²) in [6.45, 7) is 0.563. The monoisotopic (exact) mass is 415 g/mol. The van der Waals surface area contributed by atoms with Gasteiger partial charge >= 0.3 is 0 Å². The maximum Gasteiger partial charge on any atom is 0.255 e. The Labute approximate surface area is 177 Å². The minimum Gasteiger partial charge on any atom is -0.381 e. The van der Waals surface area contributed by atoms with Gasteiger partial charge in [-0.15, -0.1) is 0 Å². The van der Waals surface area contributed by atoms with Crippen LogP contribution in [-0.4, -0.2) is 37.2 Å². The van der Waals surface area contributed by atoms with Gasteiger partial charge in [0.15, 0.2) is 11.6 Å². The molecule has 9 heteroatoms. The van der Waals surface area contributed by atoms with Crippen molar-refractivity contribution < 1.29 is 4.79 Å². The summed E-state index contributed by atoms with van der Waals surface area (Å²) in [6, 6.07) is 9.14. The molecular weight excluding hydrogens is 394 g/mol. The minimum absolute atomic E-state index is 0.00571. The number of benzene rings is 1. The predicted octanol–water partition coefficient (Wildman–Crippen LogP) is 2.48. The third-order valence-electron chi connectivity index (χ3n) is 5.49. The van der Waals surface area contributed by atoms with Crippen LogP contribution in [0.3, 0.4) is 0 Å². The van der Waals surface area contributed by atoms with Crippen LogP contribution >= 0.6 is 0 Å². The van der Waals surface area contributed by atoms with E-state index in [2.05, 4.69) is 15.1 Å². The topological polar surface area (TPSA) is 123 Å². The number of aryl methyl sites for hydroxylation is 1. The van der Waals surface area contributed by atoms with E-state index < -0.39 is 0 Å². The molecule has 4 aromatic rings. The summed E-state index contributed by atoms with van der Waals surface area (Å²) < 4.78 is 1.68. The first-order valence-electron chi connectivity index (χ1n) is 10.1. The van der Waals surface area contributed by atoms with E-state index in [1.165, 1.54) is 0 Å². The number of aromatic amines is 1. The summed E-state index contributed by atoms with van der Waals surface area (Å²) in [5.74, 6) is 0.552. The molecule has 1 aromatic carbocycles. The van der Waals surface area contributed by atoms with Crippen molar-refractivity contribution in [2.24, 2.45) is 7.05 Å². The second kappa shape index (κ2) is 7.35. The Hall–Kier alpha value is -4.01. The Morgan fingerprint density at radius 2 is 1.94 bits per heavy atom. The summed E-state index contributed by atoms with van der Waals surface area (Å²) in [4.78, 5) is 38.3. The molecule has 1 fully saturated rings. The third-order valence-corrected chi connectivity index (χ3v) is 5.49. The number of carbonyl (C=O) groups excluding carboxylic acids is 1. The van der Waals surface area contributed by atoms with Crippen molar-refractivity contribution in [2.45, 2.75) is 19.3 Å². The molecule has 0 atom stereocenters. The number of hydrogen-bond acceptors (Lipinski definition) is 6. The van der Waals surface area contributed by atoms with E-state index in [9.17, 15) is 9.59 Å². The molecule has 0 radical (unpaired) electrons. The highest BCUT2D eigenvalue weighted by molar-refractivity contribution is 5.96. The Morgan fingerprint density at radius 3 is 2.71 bits per heavy atom. The van der Waals surface area contributed by atoms with E-state index in [1.54, 1.807) is 21.8 Å². The lowest BCUT2D eigenvalue weighted by Gasteiger charge is -2.27. The Kier molecular flexibility index (Phi) is 4.50. The summed E-state index contributed by atoms with van der Waals surface area (Å²) in [5.41, 5.74) is 8.58. The van der Waals surface area contributed by atoms with E-state index >= 15 is 0 Å². The second-order valence-electron chi connectivity index (χ2n) is 7.62. The van der Waals surface area contributed by atoms with Crippen molar-refractivity contribution >= 4 is 28.3 Å². The molecule has 0 unspecified atom stereocenters. The first kappa shape index (κ1) is 19.0. The maximum atomic E-state index is 12.5. The SMILES string of the molecule is Cn1ccc(-c2nc(N)c(N3CCCCC3=O)nc2-c2ccc3c(=O)[nH]ccc3c2)n1. The summed E-state index contributed by atoms with van der Waals surface area (Å²) in [6.07, 6.45) is 5.65. The molecule has 156 valence electrons. The maximum absolute atomic E-state index is 12.5. The molecule has 9 nitrogen and oxygen atoms in total. The van der Waals surface area contributed by atoms with Crippen molar-refractivity contribution in [3.05, 3.63) is 53.1 Å². The van der Waals surface area contributed by atoms with Crippen LogP contribution in [0.2, 0.25) is 0 Å². The molecule has 31 heavy (non-hydrogen) atoms. The van der Waals surface area contributed by atoms with Crippen LogP contribution in [0, 0.1) is 0 Å². The van der Waals surface area contributed by atoms with Crippen molar-refractivity contribution in [3.63, 3.8) is 0 Å². The molecule has 0 spiro atoms. The first-order chi connectivity index (χ1) is 15.0. The Bertz CT molecular complexity index is 1370. The lowest BCUT2D eigenvalue weighted by molar-refractivity contribution is -0.119. The quantitative estimate of drug-likeness (QED) is 0.530. The highest BCUT2D eigenvalue weighted by Crippen LogP contribution is 2.34. The highest BCUT2D eigenvalue weighted by atomic mass is 16.2.